The molecule has 1 rings (SSSR count). The molecule has 0 atom stereocenters. The Morgan fingerprint density at radius 3 is 2.77 bits per heavy atom. The van der Waals surface area contributed by atoms with Crippen molar-refractivity contribution in [2.24, 2.45) is 4.99 Å². The number of methoxy groups -OCH3 is 1. The molecule has 0 heterocycles. The van der Waals surface area contributed by atoms with Crippen molar-refractivity contribution in [2.75, 3.05) is 7.11 Å². The highest BCUT2D eigenvalue weighted by molar-refractivity contribution is 5.79. The number of ether oxygens (including phenoxy) is 1. The lowest BCUT2D eigenvalue weighted by Crippen LogP contribution is -1.85. The van der Waals surface area contributed by atoms with Gasteiger partial charge in [0, 0.05) is 11.8 Å². The molecule has 3 nitrogen and oxygen atoms in total. The highest BCUT2D eigenvalue weighted by atomic mass is 16.5. The van der Waals surface area contributed by atoms with Gasteiger partial charge in [-0.1, -0.05) is 0 Å². The molecule has 0 saturated heterocycles. The summed E-state index contributed by atoms with van der Waals surface area (Å²) in [5, 5.41) is 0. The molecule has 68 valence electrons. The third-order valence-electron chi connectivity index (χ3n) is 1.61. The van der Waals surface area contributed by atoms with Gasteiger partial charge in [-0.15, -0.1) is 0 Å². The molecule has 0 aromatic heterocycles. The van der Waals surface area contributed by atoms with Crippen LogP contribution in [0.25, 0.3) is 0 Å². The Kier molecular flexibility index (Phi) is 3.20. The summed E-state index contributed by atoms with van der Waals surface area (Å²) >= 11 is 0. The Morgan fingerprint density at radius 2 is 2.23 bits per heavy atom. The zero-order valence-corrected chi connectivity index (χ0v) is 7.65. The van der Waals surface area contributed by atoms with Gasteiger partial charge in [-0.05, 0) is 25.1 Å². The van der Waals surface area contributed by atoms with Gasteiger partial charge in [0.1, 0.15) is 17.7 Å². The summed E-state index contributed by atoms with van der Waals surface area (Å²) in [6.07, 6.45) is 2.44. The molecule has 3 heteroatoms. The molecule has 0 fully saturated rings. The normalized spacial score (nSPS) is 10.3. The van der Waals surface area contributed by atoms with Crippen LogP contribution in [0.4, 0.5) is 5.69 Å². The van der Waals surface area contributed by atoms with Crippen molar-refractivity contribution in [1.82, 2.24) is 0 Å². The number of carbonyl (C=O) groups excluding carboxylic acids is 1. The first kappa shape index (κ1) is 9.45. The first-order chi connectivity index (χ1) is 6.31. The van der Waals surface area contributed by atoms with Crippen molar-refractivity contribution in [3.8, 4) is 5.75 Å². The summed E-state index contributed by atoms with van der Waals surface area (Å²) in [5.74, 6) is 0.670. The molecule has 1 aromatic rings. The van der Waals surface area contributed by atoms with E-state index in [4.69, 9.17) is 4.74 Å². The maximum absolute atomic E-state index is 10.5. The number of hydrogen-bond acceptors (Lipinski definition) is 3. The number of benzene rings is 1. The Morgan fingerprint density at radius 1 is 1.46 bits per heavy atom. The van der Waals surface area contributed by atoms with Crippen LogP contribution in [0.15, 0.2) is 23.2 Å². The van der Waals surface area contributed by atoms with E-state index in [1.807, 2.05) is 6.92 Å². The minimum atomic E-state index is 0.599. The first-order valence-corrected chi connectivity index (χ1v) is 3.93. The maximum Gasteiger partial charge on any atom is 0.150 e. The smallest absolute Gasteiger partial charge is 0.150 e. The number of nitrogens with zero attached hydrogens (tertiary/aromatic N) is 1. The zero-order chi connectivity index (χ0) is 9.68. The van der Waals surface area contributed by atoms with Gasteiger partial charge in [0.05, 0.1) is 7.11 Å². The van der Waals surface area contributed by atoms with Gasteiger partial charge < -0.3 is 4.74 Å². The van der Waals surface area contributed by atoms with Crippen molar-refractivity contribution in [1.29, 1.82) is 0 Å². The molecule has 13 heavy (non-hydrogen) atoms. The van der Waals surface area contributed by atoms with Crippen LogP contribution in [0, 0.1) is 0 Å². The third kappa shape index (κ3) is 2.15. The second kappa shape index (κ2) is 4.40. The van der Waals surface area contributed by atoms with E-state index in [1.165, 1.54) is 0 Å². The van der Waals surface area contributed by atoms with Crippen molar-refractivity contribution in [3.63, 3.8) is 0 Å². The van der Waals surface area contributed by atoms with Crippen LogP contribution in [-0.2, 0) is 0 Å². The van der Waals surface area contributed by atoms with E-state index < -0.39 is 0 Å². The highest BCUT2D eigenvalue weighted by Crippen LogP contribution is 2.27. The lowest BCUT2D eigenvalue weighted by molar-refractivity contribution is 0.112. The minimum Gasteiger partial charge on any atom is -0.494 e. The summed E-state index contributed by atoms with van der Waals surface area (Å²) < 4.78 is 5.07. The van der Waals surface area contributed by atoms with Crippen LogP contribution >= 0.6 is 0 Å². The van der Waals surface area contributed by atoms with Crippen molar-refractivity contribution in [2.45, 2.75) is 6.92 Å². The predicted molar refractivity (Wildman–Crippen MR) is 52.2 cm³/mol. The molecule has 0 amide bonds. The SMILES string of the molecule is CC=Nc1cc(C=O)ccc1OC. The summed E-state index contributed by atoms with van der Waals surface area (Å²) in [6, 6.07) is 5.11. The van der Waals surface area contributed by atoms with Crippen LogP contribution in [0.2, 0.25) is 0 Å². The Hall–Kier alpha value is -1.64. The quantitative estimate of drug-likeness (QED) is 0.524. The van der Waals surface area contributed by atoms with E-state index in [0.717, 1.165) is 6.29 Å². The molecular weight excluding hydrogens is 166 g/mol. The van der Waals surface area contributed by atoms with Crippen LogP contribution in [0.5, 0.6) is 5.75 Å². The fourth-order valence-electron chi connectivity index (χ4n) is 1.02. The second-order valence-corrected chi connectivity index (χ2v) is 2.44. The summed E-state index contributed by atoms with van der Waals surface area (Å²) in [7, 11) is 1.57. The van der Waals surface area contributed by atoms with E-state index in [2.05, 4.69) is 4.99 Å². The topological polar surface area (TPSA) is 38.7 Å². The number of rotatable bonds is 3. The van der Waals surface area contributed by atoms with Gasteiger partial charge in [0.2, 0.25) is 0 Å². The van der Waals surface area contributed by atoms with Gasteiger partial charge in [-0.25, -0.2) is 0 Å². The molecule has 0 saturated carbocycles. The predicted octanol–water partition coefficient (Wildman–Crippen LogP) is 2.23. The van der Waals surface area contributed by atoms with Crippen LogP contribution in [-0.4, -0.2) is 19.6 Å². The summed E-state index contributed by atoms with van der Waals surface area (Å²) in [5.41, 5.74) is 1.27. The fraction of sp³-hybridized carbons (Fsp3) is 0.200. The molecule has 0 aliphatic rings. The number of hydrogen-bond donors (Lipinski definition) is 0. The van der Waals surface area contributed by atoms with E-state index >= 15 is 0 Å². The van der Waals surface area contributed by atoms with E-state index in [0.29, 0.717) is 17.0 Å². The van der Waals surface area contributed by atoms with Crippen LogP contribution in [0.1, 0.15) is 17.3 Å². The van der Waals surface area contributed by atoms with Crippen LogP contribution in [0.3, 0.4) is 0 Å². The summed E-state index contributed by atoms with van der Waals surface area (Å²) in [4.78, 5) is 14.5. The second-order valence-electron chi connectivity index (χ2n) is 2.44. The molecule has 0 N–H and O–H groups in total. The molecular formula is C10H11NO2. The molecule has 0 unspecified atom stereocenters. The maximum atomic E-state index is 10.5. The lowest BCUT2D eigenvalue weighted by atomic mass is 10.2. The monoisotopic (exact) mass is 177 g/mol. The number of aldehydes is 1. The van der Waals surface area contributed by atoms with Crippen molar-refractivity contribution in [3.05, 3.63) is 23.8 Å². The van der Waals surface area contributed by atoms with Gasteiger partial charge >= 0.3 is 0 Å². The molecule has 0 aliphatic carbocycles. The standard InChI is InChI=1S/C10H11NO2/c1-3-11-9-6-8(7-12)4-5-10(9)13-2/h3-7H,1-2H3. The van der Waals surface area contributed by atoms with E-state index in [9.17, 15) is 4.79 Å². The molecule has 0 aliphatic heterocycles. The number of aliphatic imine (C=N–C) groups is 1. The van der Waals surface area contributed by atoms with E-state index in [1.54, 1.807) is 31.5 Å². The molecule has 0 bridgehead atoms. The Bertz CT molecular complexity index is 332. The van der Waals surface area contributed by atoms with Crippen LogP contribution < -0.4 is 4.74 Å². The third-order valence-corrected chi connectivity index (χ3v) is 1.61. The van der Waals surface area contributed by atoms with Gasteiger partial charge in [-0.3, -0.25) is 9.79 Å². The Labute approximate surface area is 77.1 Å². The molecule has 1 aromatic carbocycles. The van der Waals surface area contributed by atoms with Crippen molar-refractivity contribution < 1.29 is 9.53 Å². The summed E-state index contributed by atoms with van der Waals surface area (Å²) in [6.45, 7) is 1.81. The zero-order valence-electron chi connectivity index (χ0n) is 7.65. The first-order valence-electron chi connectivity index (χ1n) is 3.93. The van der Waals surface area contributed by atoms with Gasteiger partial charge in [-0.2, -0.15) is 0 Å². The van der Waals surface area contributed by atoms with Crippen molar-refractivity contribution >= 4 is 18.2 Å². The average Bonchev–Trinajstić information content (AvgIpc) is 2.18. The Balaban J connectivity index is 3.17. The lowest BCUT2D eigenvalue weighted by Gasteiger charge is -2.03. The molecule has 0 spiro atoms. The average molecular weight is 177 g/mol. The number of carbonyl (C=O) groups is 1. The fourth-order valence-corrected chi connectivity index (χ4v) is 1.02. The van der Waals surface area contributed by atoms with Gasteiger partial charge in [0.15, 0.2) is 0 Å². The highest BCUT2D eigenvalue weighted by Gasteiger charge is 2.01. The minimum absolute atomic E-state index is 0.599. The largest absolute Gasteiger partial charge is 0.494 e. The van der Waals surface area contributed by atoms with Gasteiger partial charge in [0.25, 0.3) is 0 Å². The van der Waals surface area contributed by atoms with E-state index in [-0.39, 0.29) is 0 Å². The molecule has 0 radical (unpaired) electrons.